The van der Waals surface area contributed by atoms with E-state index in [1.165, 1.54) is 0 Å². The number of ether oxygens (including phenoxy) is 1. The van der Waals surface area contributed by atoms with Gasteiger partial charge in [-0.3, -0.25) is 9.55 Å². The van der Waals surface area contributed by atoms with E-state index in [4.69, 9.17) is 4.74 Å². The van der Waals surface area contributed by atoms with Crippen LogP contribution in [0.15, 0.2) is 4.34 Å². The van der Waals surface area contributed by atoms with Crippen molar-refractivity contribution < 1.29 is 13.2 Å². The Hall–Kier alpha value is -0.690. The van der Waals surface area contributed by atoms with Crippen molar-refractivity contribution in [2.24, 2.45) is 0 Å². The molecule has 2 aliphatic rings. The Bertz CT molecular complexity index is 722. The summed E-state index contributed by atoms with van der Waals surface area (Å²) in [6, 6.07) is 0. The normalized spacial score (nSPS) is 28.0. The quantitative estimate of drug-likeness (QED) is 0.353. The number of nitrogens with zero attached hydrogens (tertiary/aromatic N) is 5. The second kappa shape index (κ2) is 8.76. The van der Waals surface area contributed by atoms with E-state index in [2.05, 4.69) is 22.0 Å². The van der Waals surface area contributed by atoms with Crippen LogP contribution >= 0.6 is 11.3 Å². The molecule has 11 heteroatoms. The Kier molecular flexibility index (Phi) is 6.83. The van der Waals surface area contributed by atoms with E-state index in [-0.39, 0.29) is 28.1 Å². The van der Waals surface area contributed by atoms with Gasteiger partial charge in [0.05, 0.1) is 25.5 Å². The first kappa shape index (κ1) is 21.0. The number of quaternary nitrogens is 1. The van der Waals surface area contributed by atoms with Crippen molar-refractivity contribution in [3.63, 3.8) is 0 Å². The highest BCUT2D eigenvalue weighted by Crippen LogP contribution is 2.36. The van der Waals surface area contributed by atoms with Crippen molar-refractivity contribution in [2.75, 3.05) is 52.3 Å². The maximum atomic E-state index is 13.7. The van der Waals surface area contributed by atoms with Crippen LogP contribution in [0.25, 0.3) is 0 Å². The largest absolute Gasteiger partial charge is 0.623 e. The Morgan fingerprint density at radius 2 is 2.00 bits per heavy atom. The minimum atomic E-state index is -3.48. The van der Waals surface area contributed by atoms with Gasteiger partial charge in [-0.05, 0) is 24.8 Å². The number of hydroxylamine groups is 2. The van der Waals surface area contributed by atoms with Gasteiger partial charge in [0.15, 0.2) is 6.17 Å². The molecule has 1 aromatic heterocycles. The fourth-order valence-electron chi connectivity index (χ4n) is 3.65. The zero-order valence-corrected chi connectivity index (χ0v) is 17.7. The standard InChI is InChI=1S/C16H29N5O4S2/c1-3-4-5-6-11-27(23,24)16-18-17-15(26-16)21(22)13-19(2)12-14(21)20-7-9-25-10-8-20/h14H,3-13H2,1-2H3. The van der Waals surface area contributed by atoms with Gasteiger partial charge in [-0.2, -0.15) is 0 Å². The number of sulfone groups is 1. The topological polar surface area (TPSA) is 98.7 Å². The SMILES string of the molecule is CCCCCCS(=O)(=O)c1nnc([N+]2([O-])CN(C)CC2N2CCOCC2)s1. The van der Waals surface area contributed by atoms with Crippen LogP contribution in [0.1, 0.15) is 32.6 Å². The van der Waals surface area contributed by atoms with Gasteiger partial charge >= 0.3 is 5.13 Å². The van der Waals surface area contributed by atoms with Crippen LogP contribution < -0.4 is 4.65 Å². The minimum Gasteiger partial charge on any atom is -0.623 e. The summed E-state index contributed by atoms with van der Waals surface area (Å²) in [5.41, 5.74) is 0. The van der Waals surface area contributed by atoms with Gasteiger partial charge in [-0.15, -0.1) is 5.10 Å². The van der Waals surface area contributed by atoms with Crippen LogP contribution in [-0.4, -0.2) is 86.9 Å². The average Bonchev–Trinajstić information content (AvgIpc) is 3.26. The van der Waals surface area contributed by atoms with E-state index in [1.807, 2.05) is 11.9 Å². The van der Waals surface area contributed by atoms with Crippen LogP contribution in [0.4, 0.5) is 5.13 Å². The fourth-order valence-corrected chi connectivity index (χ4v) is 6.21. The molecular weight excluding hydrogens is 390 g/mol. The Morgan fingerprint density at radius 1 is 1.26 bits per heavy atom. The van der Waals surface area contributed by atoms with Crippen molar-refractivity contribution in [1.82, 2.24) is 24.6 Å². The molecule has 1 aromatic rings. The summed E-state index contributed by atoms with van der Waals surface area (Å²) < 4.78 is 29.8. The number of hydrogen-bond donors (Lipinski definition) is 0. The number of likely N-dealkylation sites (N-methyl/N-ethyl adjacent to an activating group) is 1. The monoisotopic (exact) mass is 419 g/mol. The molecule has 2 fully saturated rings. The predicted molar refractivity (Wildman–Crippen MR) is 105 cm³/mol. The zero-order chi connectivity index (χ0) is 19.5. The Morgan fingerprint density at radius 3 is 2.70 bits per heavy atom. The third-order valence-corrected chi connectivity index (χ3v) is 8.41. The molecule has 2 unspecified atom stereocenters. The molecular formula is C16H29N5O4S2. The van der Waals surface area contributed by atoms with Crippen molar-refractivity contribution >= 4 is 26.3 Å². The van der Waals surface area contributed by atoms with Crippen molar-refractivity contribution in [3.8, 4) is 0 Å². The third kappa shape index (κ3) is 4.66. The van der Waals surface area contributed by atoms with Gasteiger partial charge in [0.25, 0.3) is 0 Å². The summed E-state index contributed by atoms with van der Waals surface area (Å²) in [7, 11) is -1.58. The first-order chi connectivity index (χ1) is 12.9. The lowest BCUT2D eigenvalue weighted by Crippen LogP contribution is -2.59. The Balaban J connectivity index is 1.76. The first-order valence-corrected chi connectivity index (χ1v) is 12.0. The molecule has 0 bridgehead atoms. The van der Waals surface area contributed by atoms with E-state index in [9.17, 15) is 13.6 Å². The van der Waals surface area contributed by atoms with Gasteiger partial charge in [0.1, 0.15) is 6.67 Å². The molecule has 3 rings (SSSR count). The second-order valence-electron chi connectivity index (χ2n) is 7.33. The van der Waals surface area contributed by atoms with E-state index in [0.717, 1.165) is 30.6 Å². The molecule has 2 atom stereocenters. The number of morpholine rings is 1. The first-order valence-electron chi connectivity index (χ1n) is 9.53. The lowest BCUT2D eigenvalue weighted by Gasteiger charge is -2.45. The van der Waals surface area contributed by atoms with Crippen LogP contribution in [0.3, 0.4) is 0 Å². The summed E-state index contributed by atoms with van der Waals surface area (Å²) in [6.45, 7) is 5.54. The molecule has 0 amide bonds. The molecule has 2 saturated heterocycles. The van der Waals surface area contributed by atoms with E-state index in [0.29, 0.717) is 39.3 Å². The molecule has 9 nitrogen and oxygen atoms in total. The summed E-state index contributed by atoms with van der Waals surface area (Å²) in [5, 5.41) is 21.8. The van der Waals surface area contributed by atoms with E-state index >= 15 is 0 Å². The van der Waals surface area contributed by atoms with Gasteiger partial charge in [0.2, 0.25) is 14.2 Å². The zero-order valence-electron chi connectivity index (χ0n) is 16.0. The number of rotatable bonds is 8. The highest BCUT2D eigenvalue weighted by Gasteiger charge is 2.46. The summed E-state index contributed by atoms with van der Waals surface area (Å²) in [6.07, 6.45) is 3.25. The third-order valence-electron chi connectivity index (χ3n) is 5.13. The van der Waals surface area contributed by atoms with E-state index < -0.39 is 14.5 Å². The lowest BCUT2D eigenvalue weighted by molar-refractivity contribution is -0.00410. The van der Waals surface area contributed by atoms with Gasteiger partial charge in [0, 0.05) is 13.1 Å². The van der Waals surface area contributed by atoms with Crippen molar-refractivity contribution in [3.05, 3.63) is 5.21 Å². The van der Waals surface area contributed by atoms with Crippen LogP contribution in [-0.2, 0) is 14.6 Å². The van der Waals surface area contributed by atoms with Crippen molar-refractivity contribution in [2.45, 2.75) is 43.1 Å². The molecule has 27 heavy (non-hydrogen) atoms. The molecule has 0 N–H and O–H groups in total. The van der Waals surface area contributed by atoms with Crippen molar-refractivity contribution in [1.29, 1.82) is 0 Å². The molecule has 0 aromatic carbocycles. The maximum Gasteiger partial charge on any atom is 0.310 e. The molecule has 0 spiro atoms. The summed E-state index contributed by atoms with van der Waals surface area (Å²) in [5.74, 6) is 0.0628. The predicted octanol–water partition coefficient (Wildman–Crippen LogP) is 1.26. The molecule has 154 valence electrons. The molecule has 0 saturated carbocycles. The molecule has 0 radical (unpaired) electrons. The highest BCUT2D eigenvalue weighted by molar-refractivity contribution is 7.93. The smallest absolute Gasteiger partial charge is 0.310 e. The average molecular weight is 420 g/mol. The number of aromatic nitrogens is 2. The molecule has 0 aliphatic carbocycles. The minimum absolute atomic E-state index is 0.0300. The second-order valence-corrected chi connectivity index (χ2v) is 10.6. The number of hydrogen-bond acceptors (Lipinski definition) is 9. The summed E-state index contributed by atoms with van der Waals surface area (Å²) >= 11 is 0.934. The van der Waals surface area contributed by atoms with Gasteiger partial charge in [-0.1, -0.05) is 31.3 Å². The highest BCUT2D eigenvalue weighted by atomic mass is 32.2. The van der Waals surface area contributed by atoms with Crippen LogP contribution in [0, 0.1) is 5.21 Å². The molecule has 2 aliphatic heterocycles. The number of unbranched alkanes of at least 4 members (excludes halogenated alkanes) is 3. The lowest BCUT2D eigenvalue weighted by atomic mass is 10.2. The van der Waals surface area contributed by atoms with Gasteiger partial charge in [-0.25, -0.2) is 13.3 Å². The van der Waals surface area contributed by atoms with Crippen LogP contribution in [0.2, 0.25) is 0 Å². The van der Waals surface area contributed by atoms with Gasteiger partial charge < -0.3 is 9.94 Å². The van der Waals surface area contributed by atoms with E-state index in [1.54, 1.807) is 0 Å². The van der Waals surface area contributed by atoms with Crippen LogP contribution in [0.5, 0.6) is 0 Å². The fraction of sp³-hybridized carbons (Fsp3) is 0.875. The Labute approximate surface area is 165 Å². The molecule has 3 heterocycles. The maximum absolute atomic E-state index is 13.7. The summed E-state index contributed by atoms with van der Waals surface area (Å²) in [4.78, 5) is 4.09.